The number of aliphatic hydroxyl groups is 1. The van der Waals surface area contributed by atoms with Gasteiger partial charge in [0.15, 0.2) is 0 Å². The van der Waals surface area contributed by atoms with Crippen LogP contribution in [0.1, 0.15) is 23.2 Å². The number of hydrogen-bond donors (Lipinski definition) is 10. The number of thioether (sulfide) groups is 1. The van der Waals surface area contributed by atoms with E-state index in [1.54, 1.807) is 18.3 Å². The second kappa shape index (κ2) is 18.6. The van der Waals surface area contributed by atoms with E-state index in [2.05, 4.69) is 36.2 Å². The van der Waals surface area contributed by atoms with Crippen LogP contribution in [0.3, 0.4) is 0 Å². The normalized spacial score (nSPS) is 14.1. The SMILES string of the molecule is CSCC[C@H](NC(=O)[C@H](Cc1c[nH]c2ccccc12)NC(=O)[C@H](Cc1ccc(O)cc1)NC(=O)[C@@H](N)CO)C(=O)N[C@@H](Cc1cnc[nH]1)C(=O)O. The van der Waals surface area contributed by atoms with Gasteiger partial charge in [-0.05, 0) is 47.8 Å². The Bertz CT molecular complexity index is 1780. The fourth-order valence-corrected chi connectivity index (χ4v) is 5.78. The van der Waals surface area contributed by atoms with Gasteiger partial charge in [0.1, 0.15) is 36.0 Å². The minimum atomic E-state index is -1.32. The van der Waals surface area contributed by atoms with Crippen LogP contribution in [-0.2, 0) is 43.2 Å². The Morgan fingerprint density at radius 3 is 2.10 bits per heavy atom. The highest BCUT2D eigenvalue weighted by Gasteiger charge is 2.32. The molecule has 2 heterocycles. The molecule has 0 radical (unpaired) electrons. The number of carboxylic acids is 1. The fraction of sp³-hybridized carbons (Fsp3) is 0.353. The van der Waals surface area contributed by atoms with Gasteiger partial charge in [-0.3, -0.25) is 19.2 Å². The molecule has 0 saturated carbocycles. The fourth-order valence-electron chi connectivity index (χ4n) is 5.31. The van der Waals surface area contributed by atoms with E-state index in [4.69, 9.17) is 5.73 Å². The maximum Gasteiger partial charge on any atom is 0.326 e. The van der Waals surface area contributed by atoms with E-state index in [1.807, 2.05) is 30.5 Å². The van der Waals surface area contributed by atoms with Gasteiger partial charge in [0.25, 0.3) is 0 Å². The van der Waals surface area contributed by atoms with Crippen LogP contribution in [0, 0.1) is 0 Å². The summed E-state index contributed by atoms with van der Waals surface area (Å²) in [5, 5.41) is 40.2. The molecule has 16 nitrogen and oxygen atoms in total. The van der Waals surface area contributed by atoms with Crippen LogP contribution in [0.2, 0.25) is 0 Å². The summed E-state index contributed by atoms with van der Waals surface area (Å²) in [6.45, 7) is -0.672. The molecule has 0 aliphatic heterocycles. The van der Waals surface area contributed by atoms with Gasteiger partial charge in [-0.1, -0.05) is 30.3 Å². The number of aromatic amines is 2. The molecule has 17 heteroatoms. The molecule has 0 saturated heterocycles. The highest BCUT2D eigenvalue weighted by atomic mass is 32.2. The van der Waals surface area contributed by atoms with Gasteiger partial charge in [-0.15, -0.1) is 0 Å². The van der Waals surface area contributed by atoms with Crippen molar-refractivity contribution in [2.45, 2.75) is 55.9 Å². The number of nitrogens with zero attached hydrogens (tertiary/aromatic N) is 1. The molecule has 0 aliphatic carbocycles. The number of H-pyrrole nitrogens is 2. The van der Waals surface area contributed by atoms with Crippen LogP contribution in [0.4, 0.5) is 0 Å². The van der Waals surface area contributed by atoms with Crippen molar-refractivity contribution in [3.05, 3.63) is 84.1 Å². The second-order valence-electron chi connectivity index (χ2n) is 11.9. The third kappa shape index (κ3) is 11.1. The van der Waals surface area contributed by atoms with Crippen LogP contribution >= 0.6 is 11.8 Å². The first-order chi connectivity index (χ1) is 24.5. The van der Waals surface area contributed by atoms with Crippen LogP contribution < -0.4 is 27.0 Å². The molecule has 51 heavy (non-hydrogen) atoms. The van der Waals surface area contributed by atoms with Gasteiger partial charge in [0.05, 0.1) is 12.9 Å². The summed E-state index contributed by atoms with van der Waals surface area (Å²) >= 11 is 1.42. The number of aliphatic carboxylic acids is 1. The number of rotatable bonds is 19. The van der Waals surface area contributed by atoms with Crippen molar-refractivity contribution < 1.29 is 39.3 Å². The largest absolute Gasteiger partial charge is 0.508 e. The number of imidazole rings is 1. The number of hydrogen-bond acceptors (Lipinski definition) is 10. The van der Waals surface area contributed by atoms with E-state index in [1.165, 1.54) is 36.4 Å². The Labute approximate surface area is 297 Å². The maximum atomic E-state index is 14.1. The smallest absolute Gasteiger partial charge is 0.326 e. The van der Waals surface area contributed by atoms with Crippen molar-refractivity contribution in [2.24, 2.45) is 5.73 Å². The molecule has 0 fully saturated rings. The number of aromatic nitrogens is 3. The number of aliphatic hydroxyl groups excluding tert-OH is 1. The molecule has 11 N–H and O–H groups in total. The molecule has 5 atom stereocenters. The van der Waals surface area contributed by atoms with Crippen molar-refractivity contribution in [1.82, 2.24) is 36.2 Å². The number of benzene rings is 2. The zero-order chi connectivity index (χ0) is 36.9. The zero-order valence-electron chi connectivity index (χ0n) is 27.8. The van der Waals surface area contributed by atoms with E-state index < -0.39 is 66.4 Å². The van der Waals surface area contributed by atoms with Crippen LogP contribution in [0.5, 0.6) is 5.75 Å². The molecule has 0 spiro atoms. The third-order valence-corrected chi connectivity index (χ3v) is 8.76. The van der Waals surface area contributed by atoms with Gasteiger partial charge in [-0.25, -0.2) is 9.78 Å². The summed E-state index contributed by atoms with van der Waals surface area (Å²) < 4.78 is 0. The quantitative estimate of drug-likeness (QED) is 0.0602. The monoisotopic (exact) mass is 722 g/mol. The highest BCUT2D eigenvalue weighted by molar-refractivity contribution is 7.98. The van der Waals surface area contributed by atoms with E-state index in [-0.39, 0.29) is 31.4 Å². The van der Waals surface area contributed by atoms with Crippen molar-refractivity contribution in [3.8, 4) is 5.75 Å². The molecule has 272 valence electrons. The number of carboxylic acid groups (broad SMARTS) is 1. The molecular weight excluding hydrogens is 680 g/mol. The molecule has 4 amide bonds. The van der Waals surface area contributed by atoms with Gasteiger partial charge >= 0.3 is 5.97 Å². The van der Waals surface area contributed by atoms with Gasteiger partial charge in [0.2, 0.25) is 23.6 Å². The number of phenols is 1. The maximum absolute atomic E-state index is 14.1. The lowest BCUT2D eigenvalue weighted by molar-refractivity contribution is -0.142. The van der Waals surface area contributed by atoms with E-state index in [0.29, 0.717) is 22.6 Å². The van der Waals surface area contributed by atoms with E-state index >= 15 is 0 Å². The number of nitrogens with one attached hydrogen (secondary N) is 6. The third-order valence-electron chi connectivity index (χ3n) is 8.11. The zero-order valence-corrected chi connectivity index (χ0v) is 28.6. The Hall–Kier alpha value is -5.39. The topological polar surface area (TPSA) is 265 Å². The molecule has 0 aliphatic rings. The van der Waals surface area contributed by atoms with Gasteiger partial charge in [0, 0.05) is 48.3 Å². The van der Waals surface area contributed by atoms with Crippen LogP contribution in [0.15, 0.2) is 67.3 Å². The second-order valence-corrected chi connectivity index (χ2v) is 12.9. The van der Waals surface area contributed by atoms with E-state index in [9.17, 15) is 39.3 Å². The van der Waals surface area contributed by atoms with Crippen molar-refractivity contribution >= 4 is 52.3 Å². The average molecular weight is 723 g/mol. The van der Waals surface area contributed by atoms with Crippen molar-refractivity contribution in [2.75, 3.05) is 18.6 Å². The first-order valence-electron chi connectivity index (χ1n) is 16.1. The lowest BCUT2D eigenvalue weighted by Gasteiger charge is -2.26. The summed E-state index contributed by atoms with van der Waals surface area (Å²) in [6.07, 6.45) is 6.37. The molecule has 4 aromatic rings. The lowest BCUT2D eigenvalue weighted by atomic mass is 10.0. The number of nitrogens with two attached hydrogens (primary N) is 1. The Morgan fingerprint density at radius 1 is 0.824 bits per heavy atom. The van der Waals surface area contributed by atoms with Gasteiger partial charge < -0.3 is 52.3 Å². The highest BCUT2D eigenvalue weighted by Crippen LogP contribution is 2.20. The summed E-state index contributed by atoms with van der Waals surface area (Å²) in [6, 6.07) is 7.02. The minimum Gasteiger partial charge on any atom is -0.508 e. The Morgan fingerprint density at radius 2 is 1.45 bits per heavy atom. The molecule has 0 unspecified atom stereocenters. The van der Waals surface area contributed by atoms with E-state index in [0.717, 1.165) is 10.9 Å². The Kier molecular flexibility index (Phi) is 14.0. The summed E-state index contributed by atoms with van der Waals surface area (Å²) in [5.74, 6) is -3.84. The molecule has 0 bridgehead atoms. The summed E-state index contributed by atoms with van der Waals surface area (Å²) in [7, 11) is 0. The number of amides is 4. The number of carbonyl (C=O) groups excluding carboxylic acids is 4. The number of fused-ring (bicyclic) bond motifs is 1. The standard InChI is InChI=1S/C34H42N8O8S/c1-51-11-10-26(31(46)42-29(34(49)50)14-21-16-36-18-38-21)39-33(48)28(13-20-15-37-25-5-3-2-4-23(20)25)41-32(47)27(40-30(45)24(35)17-43)12-19-6-8-22(44)9-7-19/h2-9,15-16,18,24,26-29,37,43-44H,10-14,17,35H2,1H3,(H,36,38)(H,39,48)(H,40,45)(H,41,47)(H,42,46)(H,49,50)/t24-,26-,27-,28-,29-/m0/s1. The predicted octanol–water partition coefficient (Wildman–Crippen LogP) is -0.279. The molecule has 2 aromatic heterocycles. The molecule has 4 rings (SSSR count). The van der Waals surface area contributed by atoms with Gasteiger partial charge in [-0.2, -0.15) is 11.8 Å². The Balaban J connectivity index is 1.61. The number of carbonyl (C=O) groups is 5. The number of para-hydroxylation sites is 1. The van der Waals surface area contributed by atoms with Crippen LogP contribution in [-0.4, -0.2) is 109 Å². The predicted molar refractivity (Wildman–Crippen MR) is 190 cm³/mol. The van der Waals surface area contributed by atoms with Crippen molar-refractivity contribution in [1.29, 1.82) is 0 Å². The summed E-state index contributed by atoms with van der Waals surface area (Å²) in [5.41, 5.74) is 8.24. The summed E-state index contributed by atoms with van der Waals surface area (Å²) in [4.78, 5) is 76.1. The molecule has 2 aromatic carbocycles. The van der Waals surface area contributed by atoms with Crippen molar-refractivity contribution in [3.63, 3.8) is 0 Å². The first-order valence-corrected chi connectivity index (χ1v) is 17.5. The number of aromatic hydroxyl groups is 1. The number of phenolic OH excluding ortho intramolecular Hbond substituents is 1. The minimum absolute atomic E-state index is 0.00222. The lowest BCUT2D eigenvalue weighted by Crippen LogP contribution is -2.59. The first kappa shape index (κ1) is 38.4. The average Bonchev–Trinajstić information content (AvgIpc) is 3.79. The van der Waals surface area contributed by atoms with Crippen LogP contribution in [0.25, 0.3) is 10.9 Å². The molecular formula is C34H42N8O8S.